The Labute approximate surface area is 193 Å². The van der Waals surface area contributed by atoms with E-state index in [1.54, 1.807) is 50.5 Å². The van der Waals surface area contributed by atoms with Crippen molar-refractivity contribution >= 4 is 29.2 Å². The molecule has 3 N–H and O–H groups in total. The fraction of sp³-hybridized carbons (Fsp3) is 0.375. The predicted molar refractivity (Wildman–Crippen MR) is 124 cm³/mol. The van der Waals surface area contributed by atoms with Gasteiger partial charge in [0.15, 0.2) is 0 Å². The summed E-state index contributed by atoms with van der Waals surface area (Å²) in [7, 11) is 1.66. The van der Waals surface area contributed by atoms with Gasteiger partial charge in [0, 0.05) is 12.6 Å². The van der Waals surface area contributed by atoms with Crippen LogP contribution in [0.2, 0.25) is 0 Å². The van der Waals surface area contributed by atoms with Crippen molar-refractivity contribution < 1.29 is 14.4 Å². The van der Waals surface area contributed by atoms with Gasteiger partial charge >= 0.3 is 0 Å². The van der Waals surface area contributed by atoms with E-state index < -0.39 is 29.9 Å². The third kappa shape index (κ3) is 5.02. The molecule has 3 rings (SSSR count). The average Bonchev–Trinajstić information content (AvgIpc) is 3.21. The Bertz CT molecular complexity index is 1090. The van der Waals surface area contributed by atoms with Crippen LogP contribution in [0.15, 0.2) is 42.6 Å². The Balaban J connectivity index is 1.93. The summed E-state index contributed by atoms with van der Waals surface area (Å²) >= 11 is 0. The zero-order chi connectivity index (χ0) is 24.1. The molecule has 0 saturated carbocycles. The molecule has 0 radical (unpaired) electrons. The zero-order valence-electron chi connectivity index (χ0n) is 19.1. The highest BCUT2D eigenvalue weighted by molar-refractivity contribution is 6.09. The minimum atomic E-state index is -0.867. The van der Waals surface area contributed by atoms with Gasteiger partial charge in [0.1, 0.15) is 24.0 Å². The van der Waals surface area contributed by atoms with Gasteiger partial charge in [0.05, 0.1) is 17.3 Å². The number of pyridine rings is 1. The van der Waals surface area contributed by atoms with Gasteiger partial charge in [-0.1, -0.05) is 32.0 Å². The highest BCUT2D eigenvalue weighted by Gasteiger charge is 2.43. The lowest BCUT2D eigenvalue weighted by atomic mass is 10.0. The maximum atomic E-state index is 13.7. The summed E-state index contributed by atoms with van der Waals surface area (Å²) in [6, 6.07) is 10.1. The van der Waals surface area contributed by atoms with E-state index in [-0.39, 0.29) is 18.2 Å². The first kappa shape index (κ1) is 23.9. The van der Waals surface area contributed by atoms with Gasteiger partial charge in [0.25, 0.3) is 5.91 Å². The number of hydrogen-bond acceptors (Lipinski definition) is 6. The maximum absolute atomic E-state index is 13.7. The van der Waals surface area contributed by atoms with E-state index in [2.05, 4.69) is 27.0 Å². The average molecular weight is 449 g/mol. The van der Waals surface area contributed by atoms with Crippen LogP contribution in [-0.2, 0) is 20.8 Å². The van der Waals surface area contributed by atoms with Crippen molar-refractivity contribution in [2.45, 2.75) is 45.3 Å². The number of hydrogen-bond donors (Lipinski definition) is 3. The number of aromatic nitrogens is 1. The standard InChI is InChI=1S/C24H28N6O3/c1-14(2)20(29-22(31)15(3)26-4)24(33)30-19(12-16-9-7-11-27-21(16)30)23(32)28-18-10-6-5-8-17(18)13-25/h5-11,14-15,19-20,26H,12H2,1-4H3,(H,28,32)(H,29,31)/t15-,19-,20-/m0/s1. The zero-order valence-corrected chi connectivity index (χ0v) is 19.1. The molecule has 9 heteroatoms. The van der Waals surface area contributed by atoms with Crippen molar-refractivity contribution in [3.63, 3.8) is 0 Å². The van der Waals surface area contributed by atoms with E-state index in [4.69, 9.17) is 0 Å². The lowest BCUT2D eigenvalue weighted by Crippen LogP contribution is -2.57. The van der Waals surface area contributed by atoms with Gasteiger partial charge in [-0.05, 0) is 43.7 Å². The Morgan fingerprint density at radius 2 is 1.88 bits per heavy atom. The highest BCUT2D eigenvalue weighted by atomic mass is 16.2. The van der Waals surface area contributed by atoms with Gasteiger partial charge in [0.2, 0.25) is 11.8 Å². The minimum Gasteiger partial charge on any atom is -0.343 e. The van der Waals surface area contributed by atoms with Gasteiger partial charge in [-0.3, -0.25) is 19.3 Å². The summed E-state index contributed by atoms with van der Waals surface area (Å²) in [5.41, 5.74) is 1.46. The molecule has 9 nitrogen and oxygen atoms in total. The fourth-order valence-corrected chi connectivity index (χ4v) is 3.70. The molecule has 1 aromatic carbocycles. The number of nitriles is 1. The van der Waals surface area contributed by atoms with Crippen LogP contribution in [0.5, 0.6) is 0 Å². The van der Waals surface area contributed by atoms with Crippen LogP contribution in [0.1, 0.15) is 31.9 Å². The van der Waals surface area contributed by atoms with Crippen LogP contribution in [-0.4, -0.2) is 47.9 Å². The quantitative estimate of drug-likeness (QED) is 0.590. The molecule has 0 bridgehead atoms. The van der Waals surface area contributed by atoms with Crippen LogP contribution in [0, 0.1) is 17.2 Å². The third-order valence-electron chi connectivity index (χ3n) is 5.72. The van der Waals surface area contributed by atoms with Crippen molar-refractivity contribution in [3.8, 4) is 6.07 Å². The number of fused-ring (bicyclic) bond motifs is 1. The number of para-hydroxylation sites is 1. The SMILES string of the molecule is CN[C@@H](C)C(=O)N[C@H](C(=O)N1c2ncccc2C[C@H]1C(=O)Nc1ccccc1C#N)C(C)C. The number of carbonyl (C=O) groups excluding carboxylic acids is 3. The molecule has 33 heavy (non-hydrogen) atoms. The van der Waals surface area contributed by atoms with Gasteiger partial charge in [-0.2, -0.15) is 5.26 Å². The number of likely N-dealkylation sites (N-methyl/N-ethyl adjacent to an activating group) is 1. The van der Waals surface area contributed by atoms with Crippen LogP contribution >= 0.6 is 0 Å². The Morgan fingerprint density at radius 1 is 1.15 bits per heavy atom. The second-order valence-corrected chi connectivity index (χ2v) is 8.30. The molecule has 1 aliphatic rings. The van der Waals surface area contributed by atoms with E-state index in [9.17, 15) is 19.6 Å². The van der Waals surface area contributed by atoms with Gasteiger partial charge < -0.3 is 16.0 Å². The summed E-state index contributed by atoms with van der Waals surface area (Å²) in [6.45, 7) is 5.37. The van der Waals surface area contributed by atoms with Crippen LogP contribution in [0.4, 0.5) is 11.5 Å². The second-order valence-electron chi connectivity index (χ2n) is 8.30. The number of benzene rings is 1. The summed E-state index contributed by atoms with van der Waals surface area (Å²) in [5, 5.41) is 17.8. The number of nitrogens with zero attached hydrogens (tertiary/aromatic N) is 3. The molecule has 3 amide bonds. The van der Waals surface area contributed by atoms with Crippen LogP contribution < -0.4 is 20.9 Å². The third-order valence-corrected chi connectivity index (χ3v) is 5.72. The number of carbonyl (C=O) groups is 3. The summed E-state index contributed by atoms with van der Waals surface area (Å²) in [6.07, 6.45) is 1.84. The van der Waals surface area contributed by atoms with Gasteiger partial charge in [-0.25, -0.2) is 4.98 Å². The molecule has 3 atom stereocenters. The second kappa shape index (κ2) is 10.2. The van der Waals surface area contributed by atoms with Crippen molar-refractivity contribution in [2.24, 2.45) is 5.92 Å². The molecular weight excluding hydrogens is 420 g/mol. The molecule has 0 spiro atoms. The number of amides is 3. The van der Waals surface area contributed by atoms with Crippen molar-refractivity contribution in [1.29, 1.82) is 5.26 Å². The Hall–Kier alpha value is -3.77. The lowest BCUT2D eigenvalue weighted by Gasteiger charge is -2.31. The predicted octanol–water partition coefficient (Wildman–Crippen LogP) is 1.60. The molecule has 0 aliphatic carbocycles. The van der Waals surface area contributed by atoms with E-state index in [1.807, 2.05) is 19.9 Å². The molecule has 1 aromatic heterocycles. The van der Waals surface area contributed by atoms with Crippen molar-refractivity contribution in [2.75, 3.05) is 17.3 Å². The normalized spacial score (nSPS) is 16.5. The van der Waals surface area contributed by atoms with Crippen molar-refractivity contribution in [1.82, 2.24) is 15.6 Å². The topological polar surface area (TPSA) is 127 Å². The number of anilines is 2. The van der Waals surface area contributed by atoms with E-state index in [0.717, 1.165) is 5.56 Å². The molecule has 0 saturated heterocycles. The van der Waals surface area contributed by atoms with Gasteiger partial charge in [-0.15, -0.1) is 0 Å². The molecular formula is C24H28N6O3. The lowest BCUT2D eigenvalue weighted by molar-refractivity contribution is -0.130. The van der Waals surface area contributed by atoms with E-state index in [1.165, 1.54) is 4.90 Å². The summed E-state index contributed by atoms with van der Waals surface area (Å²) in [5.74, 6) is -0.970. The molecule has 0 fully saturated rings. The first-order valence-corrected chi connectivity index (χ1v) is 10.8. The Kier molecular flexibility index (Phi) is 7.41. The smallest absolute Gasteiger partial charge is 0.251 e. The number of nitrogens with one attached hydrogen (secondary N) is 3. The van der Waals surface area contributed by atoms with E-state index in [0.29, 0.717) is 17.1 Å². The molecule has 0 unspecified atom stereocenters. The monoisotopic (exact) mass is 448 g/mol. The highest BCUT2D eigenvalue weighted by Crippen LogP contribution is 2.32. The van der Waals surface area contributed by atoms with Crippen molar-refractivity contribution in [3.05, 3.63) is 53.7 Å². The molecule has 2 heterocycles. The van der Waals surface area contributed by atoms with Crippen LogP contribution in [0.25, 0.3) is 0 Å². The largest absolute Gasteiger partial charge is 0.343 e. The fourth-order valence-electron chi connectivity index (χ4n) is 3.70. The first-order valence-electron chi connectivity index (χ1n) is 10.8. The minimum absolute atomic E-state index is 0.221. The Morgan fingerprint density at radius 3 is 2.55 bits per heavy atom. The van der Waals surface area contributed by atoms with E-state index >= 15 is 0 Å². The molecule has 172 valence electrons. The maximum Gasteiger partial charge on any atom is 0.251 e. The molecule has 1 aliphatic heterocycles. The van der Waals surface area contributed by atoms with Crippen LogP contribution in [0.3, 0.4) is 0 Å². The first-order chi connectivity index (χ1) is 15.8. The number of rotatable bonds is 7. The summed E-state index contributed by atoms with van der Waals surface area (Å²) < 4.78 is 0. The molecule has 2 aromatic rings. The summed E-state index contributed by atoms with van der Waals surface area (Å²) in [4.78, 5) is 45.2.